The van der Waals surface area contributed by atoms with Gasteiger partial charge in [-0.25, -0.2) is 4.39 Å². The molecule has 0 aromatic heterocycles. The van der Waals surface area contributed by atoms with Gasteiger partial charge >= 0.3 is 0 Å². The van der Waals surface area contributed by atoms with Gasteiger partial charge in [-0.05, 0) is 50.3 Å². The highest BCUT2D eigenvalue weighted by molar-refractivity contribution is 5.24. The smallest absolute Gasteiger partial charge is 0.126 e. The van der Waals surface area contributed by atoms with Crippen molar-refractivity contribution in [2.75, 3.05) is 6.54 Å². The van der Waals surface area contributed by atoms with Crippen LogP contribution in [0, 0.1) is 5.82 Å². The van der Waals surface area contributed by atoms with Gasteiger partial charge in [0, 0.05) is 6.04 Å². The zero-order chi connectivity index (χ0) is 12.8. The molecule has 0 aliphatic heterocycles. The Morgan fingerprint density at radius 1 is 1.33 bits per heavy atom. The normalized spacial score (nSPS) is 16.7. The molecule has 1 atom stereocenters. The maximum atomic E-state index is 13.7. The van der Waals surface area contributed by atoms with E-state index < -0.39 is 0 Å². The molecule has 1 N–H and O–H groups in total. The third kappa shape index (κ3) is 3.42. The molecule has 2 heteroatoms. The van der Waals surface area contributed by atoms with Crippen LogP contribution in [-0.2, 0) is 6.42 Å². The average Bonchev–Trinajstić information content (AvgIpc) is 2.90. The van der Waals surface area contributed by atoms with Gasteiger partial charge in [-0.2, -0.15) is 0 Å². The molecule has 1 aliphatic carbocycles. The first-order valence-electron chi connectivity index (χ1n) is 6.97. The molecule has 2 rings (SSSR count). The molecule has 1 aromatic rings. The summed E-state index contributed by atoms with van der Waals surface area (Å²) in [6, 6.07) is 7.42. The lowest BCUT2D eigenvalue weighted by molar-refractivity contribution is 0.533. The standard InChI is InChI=1S/C16H22FN/c1-2-11-18-16(13-7-3-4-8-13)12-14-9-5-6-10-15(14)17/h5-7,9-10,16,18H,2-4,8,11-12H2,1H3. The first-order valence-corrected chi connectivity index (χ1v) is 6.97. The van der Waals surface area contributed by atoms with E-state index in [0.717, 1.165) is 31.4 Å². The third-order valence-electron chi connectivity index (χ3n) is 3.55. The van der Waals surface area contributed by atoms with Crippen LogP contribution >= 0.6 is 0 Å². The van der Waals surface area contributed by atoms with Gasteiger partial charge in [0.15, 0.2) is 0 Å². The predicted molar refractivity (Wildman–Crippen MR) is 74.1 cm³/mol. The second-order valence-corrected chi connectivity index (χ2v) is 4.97. The fraction of sp³-hybridized carbons (Fsp3) is 0.500. The summed E-state index contributed by atoms with van der Waals surface area (Å²) in [7, 11) is 0. The Bertz CT molecular complexity index is 411. The predicted octanol–water partition coefficient (Wildman–Crippen LogP) is 3.85. The van der Waals surface area contributed by atoms with Crippen LogP contribution in [0.1, 0.15) is 38.2 Å². The Balaban J connectivity index is 2.07. The van der Waals surface area contributed by atoms with Crippen molar-refractivity contribution < 1.29 is 4.39 Å². The summed E-state index contributed by atoms with van der Waals surface area (Å²) in [6.07, 6.45) is 7.79. The number of nitrogens with one attached hydrogen (secondary N) is 1. The van der Waals surface area contributed by atoms with E-state index in [1.807, 2.05) is 12.1 Å². The van der Waals surface area contributed by atoms with Crippen LogP contribution in [-0.4, -0.2) is 12.6 Å². The average molecular weight is 247 g/mol. The highest BCUT2D eigenvalue weighted by atomic mass is 19.1. The van der Waals surface area contributed by atoms with Crippen LogP contribution in [0.3, 0.4) is 0 Å². The Morgan fingerprint density at radius 3 is 2.83 bits per heavy atom. The lowest BCUT2D eigenvalue weighted by Gasteiger charge is -2.20. The summed E-state index contributed by atoms with van der Waals surface area (Å²) in [6.45, 7) is 3.16. The van der Waals surface area contributed by atoms with Gasteiger partial charge in [-0.1, -0.05) is 36.8 Å². The van der Waals surface area contributed by atoms with Gasteiger partial charge in [0.2, 0.25) is 0 Å². The molecule has 0 amide bonds. The summed E-state index contributed by atoms with van der Waals surface area (Å²) in [5.74, 6) is -0.0839. The van der Waals surface area contributed by atoms with E-state index in [9.17, 15) is 4.39 Å². The highest BCUT2D eigenvalue weighted by Crippen LogP contribution is 2.23. The number of halogens is 1. The molecule has 18 heavy (non-hydrogen) atoms. The van der Waals surface area contributed by atoms with E-state index in [1.54, 1.807) is 12.1 Å². The molecular formula is C16H22FN. The zero-order valence-electron chi connectivity index (χ0n) is 11.1. The Kier molecular flexibility index (Phi) is 4.94. The van der Waals surface area contributed by atoms with Gasteiger partial charge in [-0.3, -0.25) is 0 Å². The Labute approximate surface area is 109 Å². The van der Waals surface area contributed by atoms with E-state index >= 15 is 0 Å². The Hall–Kier alpha value is -1.15. The topological polar surface area (TPSA) is 12.0 Å². The van der Waals surface area contributed by atoms with E-state index in [2.05, 4.69) is 18.3 Å². The number of hydrogen-bond acceptors (Lipinski definition) is 1. The van der Waals surface area contributed by atoms with Crippen molar-refractivity contribution in [1.82, 2.24) is 5.32 Å². The fourth-order valence-corrected chi connectivity index (χ4v) is 2.55. The molecule has 1 nitrogen and oxygen atoms in total. The number of hydrogen-bond donors (Lipinski definition) is 1. The van der Waals surface area contributed by atoms with E-state index in [1.165, 1.54) is 18.4 Å². The molecule has 1 aromatic carbocycles. The largest absolute Gasteiger partial charge is 0.310 e. The second-order valence-electron chi connectivity index (χ2n) is 4.97. The summed E-state index contributed by atoms with van der Waals surface area (Å²) in [5, 5.41) is 3.55. The van der Waals surface area contributed by atoms with Crippen LogP contribution < -0.4 is 5.32 Å². The summed E-state index contributed by atoms with van der Waals surface area (Å²) < 4.78 is 13.7. The van der Waals surface area contributed by atoms with Gasteiger partial charge in [-0.15, -0.1) is 0 Å². The monoisotopic (exact) mass is 247 g/mol. The molecule has 0 fully saturated rings. The van der Waals surface area contributed by atoms with Crippen molar-refractivity contribution in [3.63, 3.8) is 0 Å². The minimum absolute atomic E-state index is 0.0839. The lowest BCUT2D eigenvalue weighted by Crippen LogP contribution is -2.33. The quantitative estimate of drug-likeness (QED) is 0.753. The molecule has 0 spiro atoms. The fourth-order valence-electron chi connectivity index (χ4n) is 2.55. The van der Waals surface area contributed by atoms with E-state index in [-0.39, 0.29) is 5.82 Å². The molecule has 1 aliphatic rings. The lowest BCUT2D eigenvalue weighted by atomic mass is 9.98. The Morgan fingerprint density at radius 2 is 2.17 bits per heavy atom. The van der Waals surface area contributed by atoms with Crippen LogP contribution in [0.4, 0.5) is 4.39 Å². The van der Waals surface area contributed by atoms with Gasteiger partial charge in [0.25, 0.3) is 0 Å². The van der Waals surface area contributed by atoms with Crippen molar-refractivity contribution >= 4 is 0 Å². The molecule has 0 bridgehead atoms. The molecule has 0 heterocycles. The molecule has 0 saturated heterocycles. The van der Waals surface area contributed by atoms with Gasteiger partial charge in [0.1, 0.15) is 5.82 Å². The van der Waals surface area contributed by atoms with Crippen LogP contribution in [0.5, 0.6) is 0 Å². The number of benzene rings is 1. The zero-order valence-corrected chi connectivity index (χ0v) is 11.1. The maximum absolute atomic E-state index is 13.7. The van der Waals surface area contributed by atoms with Gasteiger partial charge < -0.3 is 5.32 Å². The minimum atomic E-state index is -0.0839. The van der Waals surface area contributed by atoms with Crippen molar-refractivity contribution in [2.24, 2.45) is 0 Å². The first kappa shape index (κ1) is 13.3. The van der Waals surface area contributed by atoms with Crippen molar-refractivity contribution in [3.05, 3.63) is 47.3 Å². The van der Waals surface area contributed by atoms with E-state index in [0.29, 0.717) is 6.04 Å². The number of rotatable bonds is 6. The van der Waals surface area contributed by atoms with Crippen LogP contribution in [0.15, 0.2) is 35.9 Å². The summed E-state index contributed by atoms with van der Waals surface area (Å²) >= 11 is 0. The molecule has 1 unspecified atom stereocenters. The molecular weight excluding hydrogens is 225 g/mol. The van der Waals surface area contributed by atoms with E-state index in [4.69, 9.17) is 0 Å². The van der Waals surface area contributed by atoms with Crippen molar-refractivity contribution in [1.29, 1.82) is 0 Å². The third-order valence-corrected chi connectivity index (χ3v) is 3.55. The van der Waals surface area contributed by atoms with Crippen LogP contribution in [0.25, 0.3) is 0 Å². The molecule has 0 saturated carbocycles. The van der Waals surface area contributed by atoms with Crippen molar-refractivity contribution in [3.8, 4) is 0 Å². The first-order chi connectivity index (χ1) is 8.81. The molecule has 0 radical (unpaired) electrons. The SMILES string of the molecule is CCCNC(Cc1ccccc1F)C1=CCCC1. The highest BCUT2D eigenvalue weighted by Gasteiger charge is 2.18. The number of allylic oxidation sites excluding steroid dienone is 1. The second kappa shape index (κ2) is 6.69. The summed E-state index contributed by atoms with van der Waals surface area (Å²) in [4.78, 5) is 0. The van der Waals surface area contributed by atoms with Gasteiger partial charge in [0.05, 0.1) is 0 Å². The minimum Gasteiger partial charge on any atom is -0.310 e. The maximum Gasteiger partial charge on any atom is 0.126 e. The van der Waals surface area contributed by atoms with Crippen molar-refractivity contribution in [2.45, 2.75) is 45.1 Å². The molecule has 98 valence electrons. The summed E-state index contributed by atoms with van der Waals surface area (Å²) in [5.41, 5.74) is 2.28. The van der Waals surface area contributed by atoms with Crippen LogP contribution in [0.2, 0.25) is 0 Å².